The summed E-state index contributed by atoms with van der Waals surface area (Å²) in [5.74, 6) is -0.152. The van der Waals surface area contributed by atoms with Crippen LogP contribution in [0.15, 0.2) is 18.2 Å². The second-order valence-electron chi connectivity index (χ2n) is 6.84. The van der Waals surface area contributed by atoms with Gasteiger partial charge in [-0.3, -0.25) is 0 Å². The van der Waals surface area contributed by atoms with E-state index >= 15 is 0 Å². The molecule has 1 aliphatic carbocycles. The molecule has 0 radical (unpaired) electrons. The van der Waals surface area contributed by atoms with Crippen LogP contribution >= 0.6 is 0 Å². The van der Waals surface area contributed by atoms with Gasteiger partial charge in [-0.25, -0.2) is 4.39 Å². The van der Waals surface area contributed by atoms with Gasteiger partial charge in [0.15, 0.2) is 0 Å². The monoisotopic (exact) mass is 264 g/mol. The first-order chi connectivity index (χ1) is 8.85. The molecule has 1 aromatic carbocycles. The van der Waals surface area contributed by atoms with Gasteiger partial charge >= 0.3 is 0 Å². The number of benzene rings is 1. The summed E-state index contributed by atoms with van der Waals surface area (Å²) < 4.78 is 13.4. The van der Waals surface area contributed by atoms with Gasteiger partial charge in [-0.1, -0.05) is 20.8 Å². The van der Waals surface area contributed by atoms with Crippen molar-refractivity contribution in [2.75, 3.05) is 18.5 Å². The molecule has 0 spiro atoms. The molecule has 1 aromatic rings. The van der Waals surface area contributed by atoms with Gasteiger partial charge in [-0.2, -0.15) is 0 Å². The fourth-order valence-corrected chi connectivity index (χ4v) is 2.41. The number of hydrogen-bond acceptors (Lipinski definition) is 2. The first-order valence-corrected chi connectivity index (χ1v) is 7.08. The van der Waals surface area contributed by atoms with Crippen LogP contribution in [0.5, 0.6) is 0 Å². The van der Waals surface area contributed by atoms with E-state index in [-0.39, 0.29) is 11.2 Å². The number of nitrogens with zero attached hydrogens (tertiary/aromatic N) is 1. The second-order valence-corrected chi connectivity index (χ2v) is 6.84. The summed E-state index contributed by atoms with van der Waals surface area (Å²) in [6.07, 6.45) is 2.50. The molecule has 0 unspecified atom stereocenters. The fraction of sp³-hybridized carbons (Fsp3) is 0.625. The normalized spacial score (nSPS) is 15.6. The summed E-state index contributed by atoms with van der Waals surface area (Å²) in [7, 11) is 2.08. The third-order valence-corrected chi connectivity index (χ3v) is 3.32. The van der Waals surface area contributed by atoms with Crippen molar-refractivity contribution < 1.29 is 4.39 Å². The summed E-state index contributed by atoms with van der Waals surface area (Å²) in [5, 5.41) is 3.46. The van der Waals surface area contributed by atoms with Crippen LogP contribution in [0.2, 0.25) is 0 Å². The summed E-state index contributed by atoms with van der Waals surface area (Å²) in [6.45, 7) is 8.36. The molecule has 0 bridgehead atoms. The average molecular weight is 264 g/mol. The van der Waals surface area contributed by atoms with Gasteiger partial charge in [0.05, 0.1) is 0 Å². The van der Waals surface area contributed by atoms with Crippen molar-refractivity contribution in [3.05, 3.63) is 29.6 Å². The summed E-state index contributed by atoms with van der Waals surface area (Å²) in [6, 6.07) is 5.74. The zero-order chi connectivity index (χ0) is 14.0. The molecule has 1 saturated carbocycles. The molecule has 0 atom stereocenters. The fourth-order valence-electron chi connectivity index (χ4n) is 2.41. The van der Waals surface area contributed by atoms with Crippen molar-refractivity contribution in [2.24, 2.45) is 5.41 Å². The maximum atomic E-state index is 13.4. The Hall–Kier alpha value is -1.09. The van der Waals surface area contributed by atoms with E-state index in [0.717, 1.165) is 24.3 Å². The van der Waals surface area contributed by atoms with Gasteiger partial charge in [-0.05, 0) is 42.0 Å². The van der Waals surface area contributed by atoms with Crippen LogP contribution in [0.4, 0.5) is 10.1 Å². The van der Waals surface area contributed by atoms with Gasteiger partial charge in [-0.15, -0.1) is 0 Å². The van der Waals surface area contributed by atoms with E-state index in [9.17, 15) is 4.39 Å². The molecule has 0 heterocycles. The SMILES string of the molecule is CN(CC(C)(C)C)c1ccc(F)cc1CNC1CC1. The Bertz CT molecular complexity index is 433. The maximum Gasteiger partial charge on any atom is 0.123 e. The highest BCUT2D eigenvalue weighted by atomic mass is 19.1. The zero-order valence-electron chi connectivity index (χ0n) is 12.5. The van der Waals surface area contributed by atoms with E-state index in [1.807, 2.05) is 6.07 Å². The predicted octanol–water partition coefficient (Wildman–Crippen LogP) is 3.56. The minimum atomic E-state index is -0.152. The van der Waals surface area contributed by atoms with Crippen molar-refractivity contribution >= 4 is 5.69 Å². The van der Waals surface area contributed by atoms with Crippen molar-refractivity contribution in [3.8, 4) is 0 Å². The van der Waals surface area contributed by atoms with Crippen LogP contribution in [-0.2, 0) is 6.54 Å². The zero-order valence-corrected chi connectivity index (χ0v) is 12.5. The van der Waals surface area contributed by atoms with Gasteiger partial charge in [0.1, 0.15) is 5.82 Å². The van der Waals surface area contributed by atoms with Crippen molar-refractivity contribution in [1.29, 1.82) is 0 Å². The van der Waals surface area contributed by atoms with Crippen LogP contribution < -0.4 is 10.2 Å². The standard InChI is InChI=1S/C16H25FN2/c1-16(2,3)11-19(4)15-8-5-13(17)9-12(15)10-18-14-6-7-14/h5,8-9,14,18H,6-7,10-11H2,1-4H3. The molecule has 0 saturated heterocycles. The molecule has 19 heavy (non-hydrogen) atoms. The topological polar surface area (TPSA) is 15.3 Å². The van der Waals surface area contributed by atoms with Crippen LogP contribution in [0.3, 0.4) is 0 Å². The molecule has 0 amide bonds. The van der Waals surface area contributed by atoms with Gasteiger partial charge in [0.2, 0.25) is 0 Å². The Morgan fingerprint density at radius 3 is 2.58 bits per heavy atom. The van der Waals surface area contributed by atoms with Crippen molar-refractivity contribution in [1.82, 2.24) is 5.32 Å². The maximum absolute atomic E-state index is 13.4. The van der Waals surface area contributed by atoms with Crippen molar-refractivity contribution in [3.63, 3.8) is 0 Å². The lowest BCUT2D eigenvalue weighted by molar-refractivity contribution is 0.418. The van der Waals surface area contributed by atoms with E-state index in [2.05, 4.69) is 38.0 Å². The van der Waals surface area contributed by atoms with Crippen LogP contribution in [0.1, 0.15) is 39.2 Å². The lowest BCUT2D eigenvalue weighted by Gasteiger charge is -2.30. The van der Waals surface area contributed by atoms with E-state index in [1.54, 1.807) is 12.1 Å². The van der Waals surface area contributed by atoms with Crippen LogP contribution in [0.25, 0.3) is 0 Å². The number of halogens is 1. The van der Waals surface area contributed by atoms with Gasteiger partial charge < -0.3 is 10.2 Å². The average Bonchev–Trinajstić information content (AvgIpc) is 3.07. The lowest BCUT2D eigenvalue weighted by Crippen LogP contribution is -2.30. The number of rotatable bonds is 5. The third-order valence-electron chi connectivity index (χ3n) is 3.32. The van der Waals surface area contributed by atoms with Crippen molar-refractivity contribution in [2.45, 2.75) is 46.2 Å². The molecule has 2 nitrogen and oxygen atoms in total. The second kappa shape index (κ2) is 5.49. The van der Waals surface area contributed by atoms with Gasteiger partial charge in [0, 0.05) is 31.9 Å². The quantitative estimate of drug-likeness (QED) is 0.874. The first-order valence-electron chi connectivity index (χ1n) is 7.08. The molecule has 0 aromatic heterocycles. The number of anilines is 1. The van der Waals surface area contributed by atoms with Crippen LogP contribution in [0, 0.1) is 11.2 Å². The molecular weight excluding hydrogens is 239 g/mol. The van der Waals surface area contributed by atoms with E-state index in [4.69, 9.17) is 0 Å². The third kappa shape index (κ3) is 4.50. The molecular formula is C16H25FN2. The minimum absolute atomic E-state index is 0.152. The first kappa shape index (κ1) is 14.3. The highest BCUT2D eigenvalue weighted by Gasteiger charge is 2.21. The largest absolute Gasteiger partial charge is 0.374 e. The predicted molar refractivity (Wildman–Crippen MR) is 79.0 cm³/mol. The minimum Gasteiger partial charge on any atom is -0.374 e. The Labute approximate surface area is 116 Å². The molecule has 0 aliphatic heterocycles. The number of nitrogens with one attached hydrogen (secondary N) is 1. The summed E-state index contributed by atoms with van der Waals surface area (Å²) >= 11 is 0. The Balaban J connectivity index is 2.12. The molecule has 2 rings (SSSR count). The van der Waals surface area contributed by atoms with Crippen LogP contribution in [-0.4, -0.2) is 19.6 Å². The van der Waals surface area contributed by atoms with E-state index < -0.39 is 0 Å². The Kier molecular flexibility index (Phi) is 4.14. The van der Waals surface area contributed by atoms with Gasteiger partial charge in [0.25, 0.3) is 0 Å². The molecule has 1 fully saturated rings. The Morgan fingerprint density at radius 2 is 2.00 bits per heavy atom. The van der Waals surface area contributed by atoms with E-state index in [1.165, 1.54) is 12.8 Å². The highest BCUT2D eigenvalue weighted by molar-refractivity contribution is 5.53. The lowest BCUT2D eigenvalue weighted by atomic mass is 9.95. The van der Waals surface area contributed by atoms with E-state index in [0.29, 0.717) is 6.04 Å². The molecule has 1 aliphatic rings. The molecule has 1 N–H and O–H groups in total. The highest BCUT2D eigenvalue weighted by Crippen LogP contribution is 2.26. The number of hydrogen-bond donors (Lipinski definition) is 1. The smallest absolute Gasteiger partial charge is 0.123 e. The Morgan fingerprint density at radius 1 is 1.32 bits per heavy atom. The molecule has 3 heteroatoms. The summed E-state index contributed by atoms with van der Waals surface area (Å²) in [4.78, 5) is 2.23. The molecule has 106 valence electrons. The summed E-state index contributed by atoms with van der Waals surface area (Å²) in [5.41, 5.74) is 2.41.